The minimum absolute atomic E-state index is 0.235. The minimum atomic E-state index is 0.235. The lowest BCUT2D eigenvalue weighted by atomic mass is 10.5. The van der Waals surface area contributed by atoms with E-state index in [1.165, 1.54) is 13.4 Å². The number of halogens is 1. The molecule has 6 nitrogen and oxygen atoms in total. The standard InChI is InChI=1S/C11H17ClN2O4/c1-15-6-7-17-4-3-5-18-11-9(16-2)10(12)13-8-14-11/h8H,3-7H2,1-2H3. The summed E-state index contributed by atoms with van der Waals surface area (Å²) in [7, 11) is 3.13. The van der Waals surface area contributed by atoms with Crippen molar-refractivity contribution < 1.29 is 18.9 Å². The van der Waals surface area contributed by atoms with Crippen LogP contribution in [0.3, 0.4) is 0 Å². The molecule has 0 saturated heterocycles. The number of ether oxygens (including phenoxy) is 4. The van der Waals surface area contributed by atoms with Gasteiger partial charge in [-0.15, -0.1) is 0 Å². The molecule has 0 amide bonds. The largest absolute Gasteiger partial charge is 0.489 e. The lowest BCUT2D eigenvalue weighted by Gasteiger charge is -2.09. The Morgan fingerprint density at radius 1 is 1.11 bits per heavy atom. The van der Waals surface area contributed by atoms with Crippen molar-refractivity contribution in [1.29, 1.82) is 0 Å². The number of hydrogen-bond acceptors (Lipinski definition) is 6. The van der Waals surface area contributed by atoms with Crippen molar-refractivity contribution in [1.82, 2.24) is 9.97 Å². The molecule has 102 valence electrons. The van der Waals surface area contributed by atoms with Crippen molar-refractivity contribution >= 4 is 11.6 Å². The summed E-state index contributed by atoms with van der Waals surface area (Å²) in [5, 5.41) is 0.235. The van der Waals surface area contributed by atoms with Crippen LogP contribution in [0.25, 0.3) is 0 Å². The summed E-state index contributed by atoms with van der Waals surface area (Å²) < 4.78 is 20.7. The van der Waals surface area contributed by atoms with Crippen LogP contribution < -0.4 is 9.47 Å². The Balaban J connectivity index is 2.25. The Morgan fingerprint density at radius 2 is 1.94 bits per heavy atom. The van der Waals surface area contributed by atoms with Gasteiger partial charge in [0.15, 0.2) is 5.15 Å². The van der Waals surface area contributed by atoms with E-state index in [1.54, 1.807) is 7.11 Å². The van der Waals surface area contributed by atoms with E-state index >= 15 is 0 Å². The van der Waals surface area contributed by atoms with Gasteiger partial charge in [0.2, 0.25) is 5.75 Å². The molecule has 0 bridgehead atoms. The molecule has 0 aliphatic carbocycles. The zero-order chi connectivity index (χ0) is 13.2. The smallest absolute Gasteiger partial charge is 0.261 e. The molecule has 0 radical (unpaired) electrons. The molecule has 0 aromatic carbocycles. The first-order valence-corrected chi connectivity index (χ1v) is 5.91. The van der Waals surface area contributed by atoms with Crippen molar-refractivity contribution in [2.45, 2.75) is 6.42 Å². The van der Waals surface area contributed by atoms with E-state index in [1.807, 2.05) is 0 Å². The molecule has 1 rings (SSSR count). The third kappa shape index (κ3) is 5.03. The van der Waals surface area contributed by atoms with Gasteiger partial charge in [0, 0.05) is 20.1 Å². The van der Waals surface area contributed by atoms with Crippen LogP contribution in [-0.2, 0) is 9.47 Å². The van der Waals surface area contributed by atoms with Crippen molar-refractivity contribution in [3.8, 4) is 11.6 Å². The Hall–Kier alpha value is -1.11. The minimum Gasteiger partial charge on any atom is -0.489 e. The summed E-state index contributed by atoms with van der Waals surface area (Å²) in [5.41, 5.74) is 0. The van der Waals surface area contributed by atoms with E-state index in [2.05, 4.69) is 9.97 Å². The molecule has 0 aliphatic rings. The monoisotopic (exact) mass is 276 g/mol. The van der Waals surface area contributed by atoms with Crippen LogP contribution in [0, 0.1) is 0 Å². The molecule has 7 heteroatoms. The zero-order valence-corrected chi connectivity index (χ0v) is 11.3. The average Bonchev–Trinajstić information content (AvgIpc) is 2.38. The lowest BCUT2D eigenvalue weighted by Crippen LogP contribution is -2.08. The van der Waals surface area contributed by atoms with Crippen LogP contribution in [0.1, 0.15) is 6.42 Å². The molecule has 0 N–H and O–H groups in total. The van der Waals surface area contributed by atoms with E-state index < -0.39 is 0 Å². The number of rotatable bonds is 9. The fourth-order valence-electron chi connectivity index (χ4n) is 1.19. The van der Waals surface area contributed by atoms with Gasteiger partial charge < -0.3 is 18.9 Å². The molecule has 1 heterocycles. The molecule has 0 atom stereocenters. The van der Waals surface area contributed by atoms with E-state index in [0.717, 1.165) is 6.42 Å². The van der Waals surface area contributed by atoms with Crippen LogP contribution >= 0.6 is 11.6 Å². The summed E-state index contributed by atoms with van der Waals surface area (Å²) in [6.07, 6.45) is 2.07. The van der Waals surface area contributed by atoms with E-state index in [-0.39, 0.29) is 5.15 Å². The second-order valence-electron chi connectivity index (χ2n) is 3.31. The molecule has 1 aromatic heterocycles. The number of hydrogen-bond donors (Lipinski definition) is 0. The van der Waals surface area contributed by atoms with Crippen LogP contribution in [-0.4, -0.2) is 50.6 Å². The van der Waals surface area contributed by atoms with Gasteiger partial charge in [0.25, 0.3) is 5.88 Å². The zero-order valence-electron chi connectivity index (χ0n) is 10.5. The van der Waals surface area contributed by atoms with Crippen molar-refractivity contribution in [2.75, 3.05) is 40.6 Å². The highest BCUT2D eigenvalue weighted by molar-refractivity contribution is 6.31. The first-order chi connectivity index (χ1) is 8.79. The van der Waals surface area contributed by atoms with Crippen molar-refractivity contribution in [3.63, 3.8) is 0 Å². The number of nitrogens with zero attached hydrogens (tertiary/aromatic N) is 2. The average molecular weight is 277 g/mol. The topological polar surface area (TPSA) is 62.7 Å². The highest BCUT2D eigenvalue weighted by Gasteiger charge is 2.11. The van der Waals surface area contributed by atoms with Gasteiger partial charge in [0.05, 0.1) is 26.9 Å². The predicted octanol–water partition coefficient (Wildman–Crippen LogP) is 1.57. The summed E-state index contributed by atoms with van der Waals surface area (Å²) >= 11 is 5.83. The summed E-state index contributed by atoms with van der Waals surface area (Å²) in [6.45, 7) is 2.25. The van der Waals surface area contributed by atoms with Gasteiger partial charge in [-0.1, -0.05) is 11.6 Å². The van der Waals surface area contributed by atoms with Gasteiger partial charge in [-0.2, -0.15) is 4.98 Å². The highest BCUT2D eigenvalue weighted by Crippen LogP contribution is 2.30. The summed E-state index contributed by atoms with van der Waals surface area (Å²) in [5.74, 6) is 0.689. The van der Waals surface area contributed by atoms with Gasteiger partial charge in [-0.05, 0) is 0 Å². The van der Waals surface area contributed by atoms with E-state index in [0.29, 0.717) is 38.1 Å². The highest BCUT2D eigenvalue weighted by atomic mass is 35.5. The maximum absolute atomic E-state index is 5.83. The van der Waals surface area contributed by atoms with Crippen molar-refractivity contribution in [2.24, 2.45) is 0 Å². The third-order valence-corrected chi connectivity index (χ3v) is 2.30. The first-order valence-electron chi connectivity index (χ1n) is 5.53. The molecule has 18 heavy (non-hydrogen) atoms. The fourth-order valence-corrected chi connectivity index (χ4v) is 1.39. The second kappa shape index (κ2) is 8.91. The summed E-state index contributed by atoms with van der Waals surface area (Å²) in [6, 6.07) is 0. The van der Waals surface area contributed by atoms with Crippen LogP contribution in [0.2, 0.25) is 5.15 Å². The van der Waals surface area contributed by atoms with E-state index in [4.69, 9.17) is 30.5 Å². The van der Waals surface area contributed by atoms with Crippen LogP contribution in [0.4, 0.5) is 0 Å². The Bertz CT molecular complexity index is 352. The second-order valence-corrected chi connectivity index (χ2v) is 3.67. The molecule has 0 unspecified atom stereocenters. The molecular weight excluding hydrogens is 260 g/mol. The Morgan fingerprint density at radius 3 is 2.67 bits per heavy atom. The normalized spacial score (nSPS) is 10.4. The van der Waals surface area contributed by atoms with Gasteiger partial charge in [0.1, 0.15) is 6.33 Å². The third-order valence-electron chi connectivity index (χ3n) is 2.04. The SMILES string of the molecule is COCCOCCCOc1ncnc(Cl)c1OC. The maximum atomic E-state index is 5.83. The van der Waals surface area contributed by atoms with Crippen LogP contribution in [0.15, 0.2) is 6.33 Å². The molecule has 0 aliphatic heterocycles. The quantitative estimate of drug-likeness (QED) is 0.504. The number of aromatic nitrogens is 2. The lowest BCUT2D eigenvalue weighted by molar-refractivity contribution is 0.0640. The van der Waals surface area contributed by atoms with Crippen LogP contribution in [0.5, 0.6) is 11.6 Å². The Kier molecular flexibility index (Phi) is 7.40. The summed E-state index contributed by atoms with van der Waals surface area (Å²) in [4.78, 5) is 7.75. The Labute approximate surface area is 111 Å². The molecular formula is C11H17ClN2O4. The first kappa shape index (κ1) is 14.9. The van der Waals surface area contributed by atoms with Gasteiger partial charge >= 0.3 is 0 Å². The maximum Gasteiger partial charge on any atom is 0.261 e. The molecule has 0 spiro atoms. The molecule has 0 fully saturated rings. The number of methoxy groups -OCH3 is 2. The van der Waals surface area contributed by atoms with Gasteiger partial charge in [-0.3, -0.25) is 0 Å². The fraction of sp³-hybridized carbons (Fsp3) is 0.636. The molecule has 0 saturated carbocycles. The van der Waals surface area contributed by atoms with Gasteiger partial charge in [-0.25, -0.2) is 4.98 Å². The van der Waals surface area contributed by atoms with Crippen molar-refractivity contribution in [3.05, 3.63) is 11.5 Å². The predicted molar refractivity (Wildman–Crippen MR) is 66.4 cm³/mol. The van der Waals surface area contributed by atoms with E-state index in [9.17, 15) is 0 Å². The molecule has 1 aromatic rings.